The molecular formula is C25H22BrNO4. The van der Waals surface area contributed by atoms with Crippen LogP contribution < -0.4 is 5.32 Å². The number of hydrogen-bond acceptors (Lipinski definition) is 3. The second-order valence-corrected chi connectivity index (χ2v) is 8.56. The summed E-state index contributed by atoms with van der Waals surface area (Å²) in [5.74, 6) is -1.40. The average molecular weight is 481 g/mol. The summed E-state index contributed by atoms with van der Waals surface area (Å²) >= 11 is 3.34. The Bertz CT molecular complexity index is 1110. The molecule has 0 heterocycles. The van der Waals surface area contributed by atoms with E-state index in [2.05, 4.69) is 21.2 Å². The molecule has 3 aromatic rings. The number of amides is 1. The van der Waals surface area contributed by atoms with Gasteiger partial charge in [0.25, 0.3) is 0 Å². The largest absolute Gasteiger partial charge is 0.480 e. The number of rotatable bonds is 6. The van der Waals surface area contributed by atoms with E-state index in [0.717, 1.165) is 26.7 Å². The Kier molecular flexibility index (Phi) is 5.47. The van der Waals surface area contributed by atoms with Gasteiger partial charge in [0.1, 0.15) is 12.1 Å². The molecule has 0 aromatic heterocycles. The highest BCUT2D eigenvalue weighted by atomic mass is 79.9. The lowest BCUT2D eigenvalue weighted by Gasteiger charge is -2.26. The third-order valence-corrected chi connectivity index (χ3v) is 6.04. The first-order chi connectivity index (χ1) is 15.4. The molecular weight excluding hydrogens is 458 g/mol. The molecule has 0 aliphatic heterocycles. The predicted molar refractivity (Wildman–Crippen MR) is 122 cm³/mol. The topological polar surface area (TPSA) is 75.6 Å². The van der Waals surface area contributed by atoms with E-state index in [0.29, 0.717) is 5.56 Å². The van der Waals surface area contributed by atoms with Gasteiger partial charge in [-0.2, -0.15) is 0 Å². The van der Waals surface area contributed by atoms with E-state index in [4.69, 9.17) is 6.11 Å². The average Bonchev–Trinajstić information content (AvgIpc) is 3.12. The summed E-state index contributed by atoms with van der Waals surface area (Å²) in [6, 6.07) is 23.1. The van der Waals surface area contributed by atoms with Crippen LogP contribution in [0.3, 0.4) is 0 Å². The fourth-order valence-electron chi connectivity index (χ4n) is 3.95. The second-order valence-electron chi connectivity index (χ2n) is 7.64. The lowest BCUT2D eigenvalue weighted by atomic mass is 9.93. The monoisotopic (exact) mass is 480 g/mol. The lowest BCUT2D eigenvalue weighted by Crippen LogP contribution is -2.54. The third-order valence-electron chi connectivity index (χ3n) is 5.51. The van der Waals surface area contributed by atoms with Crippen LogP contribution >= 0.6 is 15.9 Å². The first-order valence-corrected chi connectivity index (χ1v) is 10.6. The fraction of sp³-hybridized carbons (Fsp3) is 0.200. The Balaban J connectivity index is 1.49. The normalized spacial score (nSPS) is 14.7. The molecule has 6 heteroatoms. The zero-order valence-electron chi connectivity index (χ0n) is 17.7. The first-order valence-electron chi connectivity index (χ1n) is 10.5. The van der Waals surface area contributed by atoms with Gasteiger partial charge in [-0.3, -0.25) is 0 Å². The van der Waals surface area contributed by atoms with Crippen LogP contribution in [0, 0.1) is 0 Å². The number of fused-ring (bicyclic) bond motifs is 3. The smallest absolute Gasteiger partial charge is 0.408 e. The molecule has 1 atom stereocenters. The van der Waals surface area contributed by atoms with Gasteiger partial charge in [0.15, 0.2) is 0 Å². The highest BCUT2D eigenvalue weighted by molar-refractivity contribution is 9.10. The molecule has 0 saturated heterocycles. The second kappa shape index (κ2) is 8.55. The van der Waals surface area contributed by atoms with E-state index in [-0.39, 0.29) is 18.9 Å². The van der Waals surface area contributed by atoms with Crippen LogP contribution in [0.25, 0.3) is 11.1 Å². The van der Waals surface area contributed by atoms with E-state index >= 15 is 0 Å². The molecule has 1 aliphatic rings. The van der Waals surface area contributed by atoms with Crippen LogP contribution in [0.4, 0.5) is 4.79 Å². The molecule has 31 heavy (non-hydrogen) atoms. The van der Waals surface area contributed by atoms with Crippen molar-refractivity contribution in [1.82, 2.24) is 5.32 Å². The van der Waals surface area contributed by atoms with Gasteiger partial charge >= 0.3 is 12.1 Å². The quantitative estimate of drug-likeness (QED) is 0.496. The number of hydrogen-bond donors (Lipinski definition) is 2. The van der Waals surface area contributed by atoms with E-state index in [9.17, 15) is 14.7 Å². The standard InChI is InChI=1S/C25H22BrNO4/c1-25(23(28)29,14-16-10-12-17(26)13-11-16)27-24(30)31-15-22-20-8-4-2-6-18(20)19-7-3-5-9-21(19)22/h2-13,22H,14-15H2,1H3,(H,27,30)(H,28,29)/t25-/m0/s1/i1D. The molecule has 0 unspecified atom stereocenters. The molecule has 0 saturated carbocycles. The number of carboxylic acid groups (broad SMARTS) is 1. The van der Waals surface area contributed by atoms with Crippen LogP contribution in [-0.2, 0) is 16.0 Å². The molecule has 5 nitrogen and oxygen atoms in total. The molecule has 0 bridgehead atoms. The number of carboxylic acids is 1. The highest BCUT2D eigenvalue weighted by Gasteiger charge is 2.36. The molecule has 1 amide bonds. The minimum absolute atomic E-state index is 0.0245. The minimum atomic E-state index is -1.78. The summed E-state index contributed by atoms with van der Waals surface area (Å²) in [6.07, 6.45) is -0.873. The fourth-order valence-corrected chi connectivity index (χ4v) is 4.22. The Hall–Kier alpha value is -3.12. The molecule has 1 aliphatic carbocycles. The highest BCUT2D eigenvalue weighted by Crippen LogP contribution is 2.44. The van der Waals surface area contributed by atoms with Crippen LogP contribution in [0.15, 0.2) is 77.3 Å². The summed E-state index contributed by atoms with van der Waals surface area (Å²) < 4.78 is 14.2. The zero-order chi connectivity index (χ0) is 22.7. The number of carbonyl (C=O) groups excluding carboxylic acids is 1. The summed E-state index contributed by atoms with van der Waals surface area (Å²) in [7, 11) is 0. The van der Waals surface area contributed by atoms with Crippen LogP contribution in [0.1, 0.15) is 30.9 Å². The Labute approximate surface area is 190 Å². The third kappa shape index (κ3) is 4.35. The van der Waals surface area contributed by atoms with E-state index in [1.807, 2.05) is 48.5 Å². The van der Waals surface area contributed by atoms with E-state index in [1.165, 1.54) is 0 Å². The molecule has 4 rings (SSSR count). The SMILES string of the molecule is [2H]C[C@@](Cc1ccc(Br)cc1)(NC(=O)OCC1c2ccccc2-c2ccccc21)C(=O)O. The van der Waals surface area contributed by atoms with Crippen molar-refractivity contribution >= 4 is 28.0 Å². The Morgan fingerprint density at radius 1 is 1.03 bits per heavy atom. The van der Waals surface area contributed by atoms with Gasteiger partial charge in [-0.05, 0) is 46.8 Å². The Morgan fingerprint density at radius 3 is 2.16 bits per heavy atom. The summed E-state index contributed by atoms with van der Waals surface area (Å²) in [6.45, 7) is -0.450. The molecule has 158 valence electrons. The van der Waals surface area contributed by atoms with Gasteiger partial charge in [-0.1, -0.05) is 76.6 Å². The van der Waals surface area contributed by atoms with Crippen molar-refractivity contribution < 1.29 is 20.8 Å². The predicted octanol–water partition coefficient (Wildman–Crippen LogP) is 5.37. The first kappa shape index (κ1) is 19.8. The van der Waals surface area contributed by atoms with Crippen molar-refractivity contribution in [1.29, 1.82) is 0 Å². The zero-order valence-corrected chi connectivity index (χ0v) is 18.3. The number of carbonyl (C=O) groups is 2. The van der Waals surface area contributed by atoms with Gasteiger partial charge in [0.05, 0.1) is 0 Å². The lowest BCUT2D eigenvalue weighted by molar-refractivity contribution is -0.143. The summed E-state index contributed by atoms with van der Waals surface area (Å²) in [5.41, 5.74) is 3.28. The minimum Gasteiger partial charge on any atom is -0.480 e. The van der Waals surface area contributed by atoms with Crippen molar-refractivity contribution in [3.8, 4) is 11.1 Å². The van der Waals surface area contributed by atoms with Gasteiger partial charge in [0.2, 0.25) is 0 Å². The number of alkyl carbamates (subject to hydrolysis) is 1. The molecule has 3 aromatic carbocycles. The number of halogens is 1. The number of aliphatic carboxylic acids is 1. The van der Waals surface area contributed by atoms with Crippen molar-refractivity contribution in [2.45, 2.75) is 24.8 Å². The number of benzene rings is 3. The number of ether oxygens (including phenoxy) is 1. The van der Waals surface area contributed by atoms with Crippen molar-refractivity contribution in [2.24, 2.45) is 0 Å². The molecule has 2 N–H and O–H groups in total. The summed E-state index contributed by atoms with van der Waals surface area (Å²) in [4.78, 5) is 24.7. The maximum Gasteiger partial charge on any atom is 0.408 e. The van der Waals surface area contributed by atoms with E-state index in [1.54, 1.807) is 24.3 Å². The van der Waals surface area contributed by atoms with Gasteiger partial charge < -0.3 is 15.2 Å². The molecule has 0 spiro atoms. The van der Waals surface area contributed by atoms with Gasteiger partial charge in [0, 0.05) is 18.2 Å². The van der Waals surface area contributed by atoms with Crippen molar-refractivity contribution in [3.63, 3.8) is 0 Å². The van der Waals surface area contributed by atoms with Gasteiger partial charge in [-0.15, -0.1) is 0 Å². The summed E-state index contributed by atoms with van der Waals surface area (Å²) in [5, 5.41) is 12.3. The number of nitrogens with one attached hydrogen (secondary N) is 1. The molecule has 0 fully saturated rings. The van der Waals surface area contributed by atoms with Gasteiger partial charge in [-0.25, -0.2) is 9.59 Å². The van der Waals surface area contributed by atoms with Crippen LogP contribution in [-0.4, -0.2) is 29.3 Å². The van der Waals surface area contributed by atoms with Crippen LogP contribution in [0.5, 0.6) is 0 Å². The maximum atomic E-state index is 12.7. The van der Waals surface area contributed by atoms with E-state index < -0.39 is 24.5 Å². The van der Waals surface area contributed by atoms with Crippen molar-refractivity contribution in [2.75, 3.05) is 6.61 Å². The Morgan fingerprint density at radius 2 is 1.61 bits per heavy atom. The molecule has 0 radical (unpaired) electrons. The maximum absolute atomic E-state index is 12.7. The van der Waals surface area contributed by atoms with Crippen LogP contribution in [0.2, 0.25) is 0 Å². The van der Waals surface area contributed by atoms with Crippen molar-refractivity contribution in [3.05, 3.63) is 94.0 Å².